The van der Waals surface area contributed by atoms with Crippen LogP contribution in [0.3, 0.4) is 0 Å². The zero-order valence-corrected chi connectivity index (χ0v) is 15.4. The molecule has 26 heavy (non-hydrogen) atoms. The van der Waals surface area contributed by atoms with Gasteiger partial charge in [-0.3, -0.25) is 4.79 Å². The average molecular weight is 360 g/mol. The number of nitrogens with one attached hydrogen (secondary N) is 1. The Morgan fingerprint density at radius 1 is 1.27 bits per heavy atom. The highest BCUT2D eigenvalue weighted by molar-refractivity contribution is 5.78. The maximum atomic E-state index is 12.3. The minimum Gasteiger partial charge on any atom is -0.484 e. The number of amides is 2. The molecule has 0 aliphatic carbocycles. The Hall–Kier alpha value is -2.50. The van der Waals surface area contributed by atoms with Crippen molar-refractivity contribution in [1.29, 1.82) is 0 Å². The summed E-state index contributed by atoms with van der Waals surface area (Å²) in [4.78, 5) is 25.6. The number of hydrogen-bond acceptors (Lipinski definition) is 4. The predicted molar refractivity (Wildman–Crippen MR) is 100 cm³/mol. The highest BCUT2D eigenvalue weighted by Crippen LogP contribution is 2.15. The average Bonchev–Trinajstić information content (AvgIpc) is 2.66. The summed E-state index contributed by atoms with van der Waals surface area (Å²) in [5.74, 6) is 0.676. The van der Waals surface area contributed by atoms with E-state index in [-0.39, 0.29) is 25.2 Å². The van der Waals surface area contributed by atoms with Crippen molar-refractivity contribution < 1.29 is 19.1 Å². The second-order valence-corrected chi connectivity index (χ2v) is 6.37. The van der Waals surface area contributed by atoms with Gasteiger partial charge in [-0.1, -0.05) is 38.1 Å². The lowest BCUT2D eigenvalue weighted by Crippen LogP contribution is -2.47. The predicted octanol–water partition coefficient (Wildman–Crippen LogP) is 2.92. The van der Waals surface area contributed by atoms with E-state index in [1.54, 1.807) is 4.90 Å². The van der Waals surface area contributed by atoms with Crippen molar-refractivity contribution in [3.05, 3.63) is 42.5 Å². The first-order chi connectivity index (χ1) is 12.6. The van der Waals surface area contributed by atoms with Crippen molar-refractivity contribution in [2.24, 2.45) is 0 Å². The fourth-order valence-electron chi connectivity index (χ4n) is 2.89. The molecular formula is C20H28N2O4. The Kier molecular flexibility index (Phi) is 7.99. The molecule has 0 spiro atoms. The van der Waals surface area contributed by atoms with Crippen LogP contribution in [0.2, 0.25) is 0 Å². The van der Waals surface area contributed by atoms with Crippen LogP contribution in [-0.2, 0) is 16.0 Å². The van der Waals surface area contributed by atoms with Crippen molar-refractivity contribution in [3.63, 3.8) is 0 Å². The van der Waals surface area contributed by atoms with Gasteiger partial charge in [0.2, 0.25) is 0 Å². The number of carbonyl (C=O) groups is 2. The molecule has 1 fully saturated rings. The third kappa shape index (κ3) is 6.43. The number of ether oxygens (including phenoxy) is 2. The molecule has 1 heterocycles. The van der Waals surface area contributed by atoms with Crippen LogP contribution < -0.4 is 10.1 Å². The summed E-state index contributed by atoms with van der Waals surface area (Å²) in [7, 11) is 0. The van der Waals surface area contributed by atoms with Gasteiger partial charge in [-0.05, 0) is 37.0 Å². The van der Waals surface area contributed by atoms with E-state index in [9.17, 15) is 9.59 Å². The molecule has 6 nitrogen and oxygen atoms in total. The molecule has 0 radical (unpaired) electrons. The van der Waals surface area contributed by atoms with Gasteiger partial charge in [-0.2, -0.15) is 0 Å². The fourth-order valence-corrected chi connectivity index (χ4v) is 2.89. The van der Waals surface area contributed by atoms with Gasteiger partial charge < -0.3 is 19.7 Å². The Morgan fingerprint density at radius 2 is 1.96 bits per heavy atom. The maximum absolute atomic E-state index is 12.3. The van der Waals surface area contributed by atoms with Crippen LogP contribution in [0.25, 0.3) is 0 Å². The molecule has 2 rings (SSSR count). The Morgan fingerprint density at radius 3 is 2.58 bits per heavy atom. The Labute approximate surface area is 155 Å². The molecule has 0 unspecified atom stereocenters. The molecule has 0 saturated carbocycles. The number of rotatable bonds is 8. The summed E-state index contributed by atoms with van der Waals surface area (Å²) < 4.78 is 10.5. The topological polar surface area (TPSA) is 67.9 Å². The van der Waals surface area contributed by atoms with E-state index < -0.39 is 6.09 Å². The molecule has 1 aromatic rings. The molecule has 1 aromatic carbocycles. The Bertz CT molecular complexity index is 592. The number of carbonyl (C=O) groups excluding carboxylic acids is 2. The summed E-state index contributed by atoms with van der Waals surface area (Å²) >= 11 is 0. The van der Waals surface area contributed by atoms with Crippen LogP contribution in [0.1, 0.15) is 31.7 Å². The van der Waals surface area contributed by atoms with Crippen LogP contribution in [0.5, 0.6) is 5.75 Å². The van der Waals surface area contributed by atoms with E-state index in [0.717, 1.165) is 12.8 Å². The Balaban J connectivity index is 1.69. The summed E-state index contributed by atoms with van der Waals surface area (Å²) in [5.41, 5.74) is 1.27. The molecule has 142 valence electrons. The van der Waals surface area contributed by atoms with Crippen LogP contribution in [-0.4, -0.2) is 49.2 Å². The second-order valence-electron chi connectivity index (χ2n) is 6.37. The van der Waals surface area contributed by atoms with Gasteiger partial charge in [0, 0.05) is 19.1 Å². The number of hydrogen-bond donors (Lipinski definition) is 1. The minimum atomic E-state index is -0.440. The van der Waals surface area contributed by atoms with Crippen LogP contribution >= 0.6 is 0 Å². The highest BCUT2D eigenvalue weighted by atomic mass is 16.5. The molecule has 2 amide bonds. The van der Waals surface area contributed by atoms with E-state index in [1.807, 2.05) is 24.3 Å². The van der Waals surface area contributed by atoms with E-state index in [1.165, 1.54) is 11.6 Å². The fraction of sp³-hybridized carbons (Fsp3) is 0.500. The van der Waals surface area contributed by atoms with Crippen LogP contribution in [0.15, 0.2) is 36.9 Å². The van der Waals surface area contributed by atoms with Gasteiger partial charge >= 0.3 is 6.09 Å². The molecule has 1 aliphatic rings. The van der Waals surface area contributed by atoms with E-state index in [0.29, 0.717) is 31.7 Å². The number of aryl methyl sites for hydroxylation is 1. The monoisotopic (exact) mass is 360 g/mol. The van der Waals surface area contributed by atoms with Gasteiger partial charge in [0.05, 0.1) is 0 Å². The third-order valence-corrected chi connectivity index (χ3v) is 4.33. The van der Waals surface area contributed by atoms with Crippen molar-refractivity contribution in [1.82, 2.24) is 10.2 Å². The SMILES string of the molecule is C=CCOC(=O)NC1CCN(C(=O)COc2ccc(CCC)cc2)CC1. The molecule has 1 saturated heterocycles. The normalized spacial score (nSPS) is 14.6. The lowest BCUT2D eigenvalue weighted by Gasteiger charge is -2.32. The summed E-state index contributed by atoms with van der Waals surface area (Å²) in [6.45, 7) is 7.08. The lowest BCUT2D eigenvalue weighted by molar-refractivity contribution is -0.134. The van der Waals surface area contributed by atoms with Gasteiger partial charge in [-0.25, -0.2) is 4.79 Å². The van der Waals surface area contributed by atoms with Gasteiger partial charge in [0.15, 0.2) is 6.61 Å². The lowest BCUT2D eigenvalue weighted by atomic mass is 10.1. The maximum Gasteiger partial charge on any atom is 0.407 e. The molecule has 0 atom stereocenters. The smallest absolute Gasteiger partial charge is 0.407 e. The molecule has 0 bridgehead atoms. The van der Waals surface area contributed by atoms with Crippen molar-refractivity contribution >= 4 is 12.0 Å². The largest absolute Gasteiger partial charge is 0.484 e. The van der Waals surface area contributed by atoms with Crippen LogP contribution in [0.4, 0.5) is 4.79 Å². The van der Waals surface area contributed by atoms with Crippen molar-refractivity contribution in [3.8, 4) is 5.75 Å². The number of nitrogens with zero attached hydrogens (tertiary/aromatic N) is 1. The number of likely N-dealkylation sites (tertiary alicyclic amines) is 1. The first kappa shape index (κ1) is 19.8. The van der Waals surface area contributed by atoms with Crippen LogP contribution in [0, 0.1) is 0 Å². The van der Waals surface area contributed by atoms with E-state index in [4.69, 9.17) is 9.47 Å². The standard InChI is InChI=1S/C20H28N2O4/c1-3-5-16-6-8-18(9-7-16)26-15-19(23)22-12-10-17(11-13-22)21-20(24)25-14-4-2/h4,6-9,17H,2-3,5,10-15H2,1H3,(H,21,24). The first-order valence-electron chi connectivity index (χ1n) is 9.16. The zero-order valence-electron chi connectivity index (χ0n) is 15.4. The number of alkyl carbamates (subject to hydrolysis) is 1. The van der Waals surface area contributed by atoms with Crippen molar-refractivity contribution in [2.75, 3.05) is 26.3 Å². The molecule has 1 aliphatic heterocycles. The van der Waals surface area contributed by atoms with E-state index in [2.05, 4.69) is 18.8 Å². The van der Waals surface area contributed by atoms with Gasteiger partial charge in [-0.15, -0.1) is 0 Å². The van der Waals surface area contributed by atoms with Crippen molar-refractivity contribution in [2.45, 2.75) is 38.6 Å². The van der Waals surface area contributed by atoms with Gasteiger partial charge in [0.25, 0.3) is 5.91 Å². The quantitative estimate of drug-likeness (QED) is 0.724. The van der Waals surface area contributed by atoms with E-state index >= 15 is 0 Å². The second kappa shape index (κ2) is 10.5. The molecular weight excluding hydrogens is 332 g/mol. The minimum absolute atomic E-state index is 0.0309. The number of piperidine rings is 1. The molecule has 1 N–H and O–H groups in total. The summed E-state index contributed by atoms with van der Waals surface area (Å²) in [6.07, 6.45) is 4.66. The highest BCUT2D eigenvalue weighted by Gasteiger charge is 2.24. The summed E-state index contributed by atoms with van der Waals surface area (Å²) in [5, 5.41) is 2.81. The third-order valence-electron chi connectivity index (χ3n) is 4.33. The number of benzene rings is 1. The summed E-state index contributed by atoms with van der Waals surface area (Å²) in [6, 6.07) is 7.91. The first-order valence-corrected chi connectivity index (χ1v) is 9.16. The molecule has 6 heteroatoms. The molecule has 0 aromatic heterocycles. The zero-order chi connectivity index (χ0) is 18.8. The van der Waals surface area contributed by atoms with Gasteiger partial charge in [0.1, 0.15) is 12.4 Å².